The Morgan fingerprint density at radius 1 is 1.32 bits per heavy atom. The van der Waals surface area contributed by atoms with Crippen molar-refractivity contribution in [3.05, 3.63) is 52.7 Å². The lowest BCUT2D eigenvalue weighted by Gasteiger charge is -2.08. The summed E-state index contributed by atoms with van der Waals surface area (Å²) in [6.45, 7) is 1.87. The molecule has 0 saturated heterocycles. The quantitative estimate of drug-likeness (QED) is 0.521. The van der Waals surface area contributed by atoms with Crippen LogP contribution < -0.4 is 5.43 Å². The summed E-state index contributed by atoms with van der Waals surface area (Å²) in [6, 6.07) is 13.8. The number of hydrazone groups is 1. The number of nitrogens with one attached hydrogen (secondary N) is 1. The monoisotopic (exact) mass is 290 g/mol. The van der Waals surface area contributed by atoms with Crippen LogP contribution >= 0.6 is 23.1 Å². The molecule has 0 bridgehead atoms. The number of thioether (sulfide) groups is 1. The third-order valence-corrected chi connectivity index (χ3v) is 4.25. The van der Waals surface area contributed by atoms with Crippen molar-refractivity contribution in [2.45, 2.75) is 17.1 Å². The van der Waals surface area contributed by atoms with E-state index in [0.717, 1.165) is 9.77 Å². The maximum absolute atomic E-state index is 11.8. The Labute approximate surface area is 120 Å². The minimum Gasteiger partial charge on any atom is -0.272 e. The zero-order valence-corrected chi connectivity index (χ0v) is 12.1. The van der Waals surface area contributed by atoms with E-state index in [4.69, 9.17) is 0 Å². The van der Waals surface area contributed by atoms with E-state index in [2.05, 4.69) is 10.5 Å². The highest BCUT2D eigenvalue weighted by molar-refractivity contribution is 8.00. The van der Waals surface area contributed by atoms with Crippen LogP contribution in [0.1, 0.15) is 11.8 Å². The first-order valence-corrected chi connectivity index (χ1v) is 7.60. The minimum absolute atomic E-state index is 0.0957. The molecule has 1 aromatic heterocycles. The number of hydrogen-bond donors (Lipinski definition) is 1. The van der Waals surface area contributed by atoms with E-state index in [0.29, 0.717) is 0 Å². The van der Waals surface area contributed by atoms with Gasteiger partial charge in [-0.2, -0.15) is 5.10 Å². The summed E-state index contributed by atoms with van der Waals surface area (Å²) in [5.41, 5.74) is 2.56. The van der Waals surface area contributed by atoms with Gasteiger partial charge in [-0.3, -0.25) is 4.79 Å². The second-order valence-corrected chi connectivity index (χ2v) is 6.22. The van der Waals surface area contributed by atoms with Crippen LogP contribution in [0.25, 0.3) is 0 Å². The molecule has 0 radical (unpaired) electrons. The van der Waals surface area contributed by atoms with Crippen molar-refractivity contribution in [3.63, 3.8) is 0 Å². The zero-order chi connectivity index (χ0) is 13.5. The summed E-state index contributed by atoms with van der Waals surface area (Å²) >= 11 is 3.10. The van der Waals surface area contributed by atoms with Gasteiger partial charge in [0.15, 0.2) is 0 Å². The highest BCUT2D eigenvalue weighted by Gasteiger charge is 2.13. The second kappa shape index (κ2) is 7.11. The van der Waals surface area contributed by atoms with E-state index in [9.17, 15) is 4.79 Å². The lowest BCUT2D eigenvalue weighted by Crippen LogP contribution is -2.26. The van der Waals surface area contributed by atoms with Gasteiger partial charge in [0, 0.05) is 9.77 Å². The number of carbonyl (C=O) groups excluding carboxylic acids is 1. The molecule has 1 aromatic carbocycles. The number of benzene rings is 1. The van der Waals surface area contributed by atoms with Gasteiger partial charge in [-0.25, -0.2) is 5.43 Å². The average molecular weight is 290 g/mol. The van der Waals surface area contributed by atoms with Gasteiger partial charge >= 0.3 is 0 Å². The molecule has 1 heterocycles. The molecule has 1 N–H and O–H groups in total. The van der Waals surface area contributed by atoms with E-state index in [-0.39, 0.29) is 11.2 Å². The first-order valence-electron chi connectivity index (χ1n) is 5.84. The molecule has 0 spiro atoms. The van der Waals surface area contributed by atoms with Gasteiger partial charge in [-0.1, -0.05) is 24.3 Å². The number of carbonyl (C=O) groups is 1. The van der Waals surface area contributed by atoms with Crippen molar-refractivity contribution < 1.29 is 4.79 Å². The average Bonchev–Trinajstić information content (AvgIpc) is 2.93. The van der Waals surface area contributed by atoms with Crippen molar-refractivity contribution in [2.24, 2.45) is 5.10 Å². The van der Waals surface area contributed by atoms with Crippen LogP contribution in [0.15, 0.2) is 57.8 Å². The lowest BCUT2D eigenvalue weighted by molar-refractivity contribution is -0.120. The summed E-state index contributed by atoms with van der Waals surface area (Å²) in [5.74, 6) is -0.0957. The van der Waals surface area contributed by atoms with E-state index in [1.165, 1.54) is 11.8 Å². The predicted molar refractivity (Wildman–Crippen MR) is 81.8 cm³/mol. The Hall–Kier alpha value is -1.59. The molecular weight excluding hydrogens is 276 g/mol. The fraction of sp³-hybridized carbons (Fsp3) is 0.143. The van der Waals surface area contributed by atoms with Gasteiger partial charge in [0.25, 0.3) is 5.91 Å². The first kappa shape index (κ1) is 13.8. The van der Waals surface area contributed by atoms with Crippen LogP contribution in [0, 0.1) is 0 Å². The third kappa shape index (κ3) is 4.54. The molecule has 98 valence electrons. The topological polar surface area (TPSA) is 41.5 Å². The number of amides is 1. The Kier molecular flexibility index (Phi) is 5.18. The van der Waals surface area contributed by atoms with E-state index in [1.54, 1.807) is 17.6 Å². The molecule has 0 aliphatic carbocycles. The van der Waals surface area contributed by atoms with Crippen LogP contribution in [0.5, 0.6) is 0 Å². The van der Waals surface area contributed by atoms with Crippen LogP contribution in [0.2, 0.25) is 0 Å². The number of thiophene rings is 1. The molecule has 1 amide bonds. The third-order valence-electron chi connectivity index (χ3n) is 2.34. The summed E-state index contributed by atoms with van der Waals surface area (Å²) in [5, 5.41) is 5.74. The molecule has 1 atom stereocenters. The Balaban J connectivity index is 1.83. The number of hydrogen-bond acceptors (Lipinski definition) is 4. The summed E-state index contributed by atoms with van der Waals surface area (Å²) in [7, 11) is 0. The maximum atomic E-state index is 11.8. The molecule has 0 unspecified atom stereocenters. The molecule has 0 saturated carbocycles. The Morgan fingerprint density at radius 3 is 2.79 bits per heavy atom. The fourth-order valence-corrected chi connectivity index (χ4v) is 2.84. The van der Waals surface area contributed by atoms with Crippen molar-refractivity contribution >= 4 is 35.2 Å². The van der Waals surface area contributed by atoms with Crippen LogP contribution in [-0.4, -0.2) is 17.4 Å². The van der Waals surface area contributed by atoms with Crippen molar-refractivity contribution in [2.75, 3.05) is 0 Å². The molecule has 0 aliphatic rings. The van der Waals surface area contributed by atoms with Gasteiger partial charge in [0.1, 0.15) is 0 Å². The highest BCUT2D eigenvalue weighted by Crippen LogP contribution is 2.22. The fourth-order valence-electron chi connectivity index (χ4n) is 1.37. The molecule has 2 rings (SSSR count). The molecule has 0 aliphatic heterocycles. The first-order chi connectivity index (χ1) is 9.25. The van der Waals surface area contributed by atoms with E-state index in [1.807, 2.05) is 54.8 Å². The van der Waals surface area contributed by atoms with Gasteiger partial charge in [0.2, 0.25) is 0 Å². The molecular formula is C14H14N2OS2. The molecule has 19 heavy (non-hydrogen) atoms. The summed E-state index contributed by atoms with van der Waals surface area (Å²) in [4.78, 5) is 13.9. The highest BCUT2D eigenvalue weighted by atomic mass is 32.2. The minimum atomic E-state index is -0.178. The van der Waals surface area contributed by atoms with E-state index < -0.39 is 0 Å². The van der Waals surface area contributed by atoms with Gasteiger partial charge < -0.3 is 0 Å². The second-order valence-electron chi connectivity index (χ2n) is 3.82. The number of rotatable bonds is 5. The smallest absolute Gasteiger partial charge is 0.253 e. The normalized spacial score (nSPS) is 12.5. The van der Waals surface area contributed by atoms with Crippen molar-refractivity contribution in [1.82, 2.24) is 5.43 Å². The maximum Gasteiger partial charge on any atom is 0.253 e. The molecule has 0 fully saturated rings. The van der Waals surface area contributed by atoms with Crippen LogP contribution in [-0.2, 0) is 4.79 Å². The van der Waals surface area contributed by atoms with Crippen molar-refractivity contribution in [1.29, 1.82) is 0 Å². The standard InChI is InChI=1S/C14H14N2OS2/c1-11(19-12-6-3-2-4-7-12)14(17)16-15-10-13-8-5-9-18-13/h2-11H,1H3,(H,16,17)/b15-10-/t11-/m1/s1. The van der Waals surface area contributed by atoms with Gasteiger partial charge in [-0.05, 0) is 30.5 Å². The Bertz CT molecular complexity index is 538. The van der Waals surface area contributed by atoms with Crippen LogP contribution in [0.4, 0.5) is 0 Å². The van der Waals surface area contributed by atoms with Gasteiger partial charge in [0.05, 0.1) is 11.5 Å². The summed E-state index contributed by atoms with van der Waals surface area (Å²) in [6.07, 6.45) is 1.66. The largest absolute Gasteiger partial charge is 0.272 e. The molecule has 2 aromatic rings. The molecule has 3 nitrogen and oxygen atoms in total. The van der Waals surface area contributed by atoms with E-state index >= 15 is 0 Å². The Morgan fingerprint density at radius 2 is 2.11 bits per heavy atom. The lowest BCUT2D eigenvalue weighted by atomic mass is 10.4. The zero-order valence-electron chi connectivity index (χ0n) is 10.4. The SMILES string of the molecule is C[C@@H](Sc1ccccc1)C(=O)N/N=C\c1cccs1. The van der Waals surface area contributed by atoms with Gasteiger partial charge in [-0.15, -0.1) is 23.1 Å². The summed E-state index contributed by atoms with van der Waals surface area (Å²) < 4.78 is 0. The molecule has 5 heteroatoms. The van der Waals surface area contributed by atoms with Crippen molar-refractivity contribution in [3.8, 4) is 0 Å². The van der Waals surface area contributed by atoms with Crippen LogP contribution in [0.3, 0.4) is 0 Å². The predicted octanol–water partition coefficient (Wildman–Crippen LogP) is 3.38. The number of nitrogens with zero attached hydrogens (tertiary/aromatic N) is 1.